The average Bonchev–Trinajstić information content (AvgIpc) is 2.66. The van der Waals surface area contributed by atoms with Crippen molar-refractivity contribution in [3.63, 3.8) is 0 Å². The number of nitrogens with one attached hydrogen (secondary N) is 1. The lowest BCUT2D eigenvalue weighted by Gasteiger charge is -2.14. The zero-order valence-corrected chi connectivity index (χ0v) is 17.6. The standard InChI is InChI=1S/C19H20INO6/c1-11-7-13(20)5-6-14(11)21-17(22)10-27-19(23)12-8-15(24-2)18(26-4)16(9-12)25-3/h5-9H,10H2,1-4H3,(H,21,22). The van der Waals surface area contributed by atoms with E-state index in [4.69, 9.17) is 18.9 Å². The van der Waals surface area contributed by atoms with E-state index in [2.05, 4.69) is 27.9 Å². The normalized spacial score (nSPS) is 10.1. The monoisotopic (exact) mass is 485 g/mol. The Labute approximate surface area is 171 Å². The molecule has 0 saturated carbocycles. The highest BCUT2D eigenvalue weighted by Gasteiger charge is 2.18. The molecule has 0 fully saturated rings. The van der Waals surface area contributed by atoms with Crippen molar-refractivity contribution in [1.82, 2.24) is 0 Å². The van der Waals surface area contributed by atoms with Crippen LogP contribution in [0, 0.1) is 10.5 Å². The largest absolute Gasteiger partial charge is 0.493 e. The highest BCUT2D eigenvalue weighted by molar-refractivity contribution is 14.1. The summed E-state index contributed by atoms with van der Waals surface area (Å²) in [6, 6.07) is 8.55. The van der Waals surface area contributed by atoms with E-state index in [1.807, 2.05) is 19.1 Å². The predicted octanol–water partition coefficient (Wildman–Crippen LogP) is 3.42. The van der Waals surface area contributed by atoms with Crippen molar-refractivity contribution in [2.45, 2.75) is 6.92 Å². The number of aryl methyl sites for hydroxylation is 1. The number of hydrogen-bond acceptors (Lipinski definition) is 6. The van der Waals surface area contributed by atoms with Gasteiger partial charge in [0.1, 0.15) is 0 Å². The Morgan fingerprint density at radius 2 is 1.63 bits per heavy atom. The molecule has 0 radical (unpaired) electrons. The SMILES string of the molecule is COc1cc(C(=O)OCC(=O)Nc2ccc(I)cc2C)cc(OC)c1OC. The molecule has 0 saturated heterocycles. The third kappa shape index (κ3) is 5.25. The van der Waals surface area contributed by atoms with E-state index in [1.54, 1.807) is 6.07 Å². The minimum atomic E-state index is -0.677. The van der Waals surface area contributed by atoms with E-state index in [-0.39, 0.29) is 5.56 Å². The number of esters is 1. The Kier molecular flexibility index (Phi) is 7.28. The number of halogens is 1. The number of rotatable bonds is 7. The molecule has 7 nitrogen and oxygen atoms in total. The first-order valence-electron chi connectivity index (χ1n) is 7.92. The number of benzene rings is 2. The number of carbonyl (C=O) groups is 2. The first-order chi connectivity index (χ1) is 12.9. The molecule has 144 valence electrons. The van der Waals surface area contributed by atoms with E-state index in [1.165, 1.54) is 33.5 Å². The number of ether oxygens (including phenoxy) is 4. The molecule has 0 aliphatic heterocycles. The smallest absolute Gasteiger partial charge is 0.338 e. The maximum Gasteiger partial charge on any atom is 0.338 e. The van der Waals surface area contributed by atoms with Gasteiger partial charge in [-0.1, -0.05) is 0 Å². The number of amides is 1. The second-order valence-electron chi connectivity index (χ2n) is 5.50. The highest BCUT2D eigenvalue weighted by atomic mass is 127. The summed E-state index contributed by atoms with van der Waals surface area (Å²) in [5.41, 5.74) is 1.78. The summed E-state index contributed by atoms with van der Waals surface area (Å²) < 4.78 is 21.8. The molecule has 0 unspecified atom stereocenters. The molecule has 0 atom stereocenters. The molecule has 27 heavy (non-hydrogen) atoms. The lowest BCUT2D eigenvalue weighted by Crippen LogP contribution is -2.21. The molecule has 0 spiro atoms. The van der Waals surface area contributed by atoms with Crippen molar-refractivity contribution < 1.29 is 28.5 Å². The third-order valence-electron chi connectivity index (χ3n) is 3.70. The first kappa shape index (κ1) is 20.8. The Hall–Kier alpha value is -2.49. The van der Waals surface area contributed by atoms with Crippen LogP contribution in [0.2, 0.25) is 0 Å². The van der Waals surface area contributed by atoms with Crippen molar-refractivity contribution in [2.24, 2.45) is 0 Å². The van der Waals surface area contributed by atoms with Crippen LogP contribution >= 0.6 is 22.6 Å². The molecule has 0 aliphatic carbocycles. The zero-order valence-electron chi connectivity index (χ0n) is 15.4. The summed E-state index contributed by atoms with van der Waals surface area (Å²) >= 11 is 2.19. The van der Waals surface area contributed by atoms with Gasteiger partial charge in [-0.05, 0) is 65.4 Å². The minimum absolute atomic E-state index is 0.183. The topological polar surface area (TPSA) is 83.1 Å². The van der Waals surface area contributed by atoms with E-state index in [0.717, 1.165) is 9.13 Å². The lowest BCUT2D eigenvalue weighted by molar-refractivity contribution is -0.119. The second-order valence-corrected chi connectivity index (χ2v) is 6.74. The van der Waals surface area contributed by atoms with Crippen LogP contribution in [0.4, 0.5) is 5.69 Å². The minimum Gasteiger partial charge on any atom is -0.493 e. The fourth-order valence-corrected chi connectivity index (χ4v) is 3.01. The van der Waals surface area contributed by atoms with E-state index in [0.29, 0.717) is 22.9 Å². The summed E-state index contributed by atoms with van der Waals surface area (Å²) in [6.45, 7) is 1.47. The third-order valence-corrected chi connectivity index (χ3v) is 4.37. The lowest BCUT2D eigenvalue weighted by atomic mass is 10.2. The van der Waals surface area contributed by atoms with Gasteiger partial charge >= 0.3 is 5.97 Å². The van der Waals surface area contributed by atoms with Crippen LogP contribution in [0.15, 0.2) is 30.3 Å². The fourth-order valence-electron chi connectivity index (χ4n) is 2.37. The Morgan fingerprint density at radius 3 is 2.15 bits per heavy atom. The van der Waals surface area contributed by atoms with Gasteiger partial charge in [0.2, 0.25) is 5.75 Å². The molecule has 2 aromatic carbocycles. The van der Waals surface area contributed by atoms with Crippen molar-refractivity contribution in [3.8, 4) is 17.2 Å². The average molecular weight is 485 g/mol. The number of carbonyl (C=O) groups excluding carboxylic acids is 2. The van der Waals surface area contributed by atoms with Gasteiger partial charge in [0, 0.05) is 9.26 Å². The first-order valence-corrected chi connectivity index (χ1v) is 9.00. The van der Waals surface area contributed by atoms with Gasteiger partial charge in [-0.3, -0.25) is 4.79 Å². The maximum atomic E-state index is 12.3. The van der Waals surface area contributed by atoms with Crippen LogP contribution in [0.5, 0.6) is 17.2 Å². The van der Waals surface area contributed by atoms with Crippen LogP contribution in [0.25, 0.3) is 0 Å². The van der Waals surface area contributed by atoms with E-state index in [9.17, 15) is 9.59 Å². The van der Waals surface area contributed by atoms with E-state index < -0.39 is 18.5 Å². The van der Waals surface area contributed by atoms with Gasteiger partial charge in [0.25, 0.3) is 5.91 Å². The zero-order chi connectivity index (χ0) is 20.0. The van der Waals surface area contributed by atoms with Crippen molar-refractivity contribution in [3.05, 3.63) is 45.0 Å². The fraction of sp³-hybridized carbons (Fsp3) is 0.263. The number of hydrogen-bond donors (Lipinski definition) is 1. The predicted molar refractivity (Wildman–Crippen MR) is 109 cm³/mol. The molecule has 0 bridgehead atoms. The molecule has 0 aliphatic rings. The summed E-state index contributed by atoms with van der Waals surface area (Å²) in [7, 11) is 4.36. The molecular weight excluding hydrogens is 465 g/mol. The quantitative estimate of drug-likeness (QED) is 0.478. The van der Waals surface area contributed by atoms with Crippen molar-refractivity contribution in [2.75, 3.05) is 33.3 Å². The van der Waals surface area contributed by atoms with Crippen LogP contribution < -0.4 is 19.5 Å². The summed E-state index contributed by atoms with van der Waals surface area (Å²) in [5, 5.41) is 2.72. The molecule has 2 aromatic rings. The molecule has 8 heteroatoms. The second kappa shape index (κ2) is 9.45. The Balaban J connectivity index is 2.05. The number of methoxy groups -OCH3 is 3. The van der Waals surface area contributed by atoms with E-state index >= 15 is 0 Å². The molecule has 0 aromatic heterocycles. The van der Waals surface area contributed by atoms with Gasteiger partial charge in [0.15, 0.2) is 18.1 Å². The van der Waals surface area contributed by atoms with Gasteiger partial charge in [-0.15, -0.1) is 0 Å². The van der Waals surface area contributed by atoms with Gasteiger partial charge < -0.3 is 24.3 Å². The van der Waals surface area contributed by atoms with Gasteiger partial charge in [0.05, 0.1) is 26.9 Å². The Morgan fingerprint density at radius 1 is 1.00 bits per heavy atom. The van der Waals surface area contributed by atoms with Crippen LogP contribution in [0.1, 0.15) is 15.9 Å². The molecule has 1 amide bonds. The summed E-state index contributed by atoms with van der Waals surface area (Å²) in [6.07, 6.45) is 0. The van der Waals surface area contributed by atoms with Gasteiger partial charge in [-0.2, -0.15) is 0 Å². The summed E-state index contributed by atoms with van der Waals surface area (Å²) in [5.74, 6) is -0.0992. The molecular formula is C19H20INO6. The molecule has 2 rings (SSSR count). The van der Waals surface area contributed by atoms with Crippen LogP contribution in [-0.2, 0) is 9.53 Å². The van der Waals surface area contributed by atoms with Crippen LogP contribution in [0.3, 0.4) is 0 Å². The summed E-state index contributed by atoms with van der Waals surface area (Å²) in [4.78, 5) is 24.4. The molecule has 0 heterocycles. The maximum absolute atomic E-state index is 12.3. The van der Waals surface area contributed by atoms with Crippen molar-refractivity contribution >= 4 is 40.2 Å². The van der Waals surface area contributed by atoms with Crippen LogP contribution in [-0.4, -0.2) is 39.8 Å². The number of anilines is 1. The Bertz CT molecular complexity index is 827. The van der Waals surface area contributed by atoms with Crippen molar-refractivity contribution in [1.29, 1.82) is 0 Å². The van der Waals surface area contributed by atoms with Gasteiger partial charge in [-0.25, -0.2) is 4.79 Å². The highest BCUT2D eigenvalue weighted by Crippen LogP contribution is 2.38. The molecule has 1 N–H and O–H groups in total.